The van der Waals surface area contributed by atoms with Crippen molar-refractivity contribution in [2.24, 2.45) is 0 Å². The van der Waals surface area contributed by atoms with Crippen LogP contribution in [0.3, 0.4) is 0 Å². The summed E-state index contributed by atoms with van der Waals surface area (Å²) in [7, 11) is 1.50. The topological polar surface area (TPSA) is 9.23 Å². The molecule has 11 heavy (non-hydrogen) atoms. The molecule has 0 saturated heterocycles. The van der Waals surface area contributed by atoms with Gasteiger partial charge in [-0.05, 0) is 24.3 Å². The van der Waals surface area contributed by atoms with E-state index in [9.17, 15) is 8.78 Å². The Bertz CT molecular complexity index is 218. The third-order valence-corrected chi connectivity index (χ3v) is 1.37. The van der Waals surface area contributed by atoms with Gasteiger partial charge in [-0.15, -0.1) is 0 Å². The Hall–Kier alpha value is -1.12. The van der Waals surface area contributed by atoms with Crippen molar-refractivity contribution in [3.05, 3.63) is 29.8 Å². The lowest BCUT2D eigenvalue weighted by Gasteiger charge is -2.00. The highest BCUT2D eigenvalue weighted by Gasteiger charge is 2.04. The molecule has 0 unspecified atom stereocenters. The van der Waals surface area contributed by atoms with Crippen molar-refractivity contribution < 1.29 is 13.5 Å². The Morgan fingerprint density at radius 1 is 1.18 bits per heavy atom. The average Bonchev–Trinajstić information content (AvgIpc) is 2.05. The first-order valence-electron chi connectivity index (χ1n) is 3.16. The third kappa shape index (κ3) is 1.90. The van der Waals surface area contributed by atoms with E-state index < -0.39 is 6.43 Å². The molecule has 0 heterocycles. The summed E-state index contributed by atoms with van der Waals surface area (Å²) in [6, 6.07) is 5.73. The highest BCUT2D eigenvalue weighted by Crippen LogP contribution is 2.20. The molecule has 60 valence electrons. The zero-order chi connectivity index (χ0) is 8.27. The minimum atomic E-state index is -2.40. The highest BCUT2D eigenvalue weighted by molar-refractivity contribution is 5.27. The molecule has 1 rings (SSSR count). The quantitative estimate of drug-likeness (QED) is 0.642. The summed E-state index contributed by atoms with van der Waals surface area (Å²) in [6.45, 7) is 0. The number of alkyl halides is 2. The molecule has 0 aliphatic rings. The number of rotatable bonds is 2. The fraction of sp³-hybridized carbons (Fsp3) is 0.250. The van der Waals surface area contributed by atoms with Crippen molar-refractivity contribution in [1.82, 2.24) is 0 Å². The maximum atomic E-state index is 12.0. The van der Waals surface area contributed by atoms with Crippen LogP contribution in [0.1, 0.15) is 12.0 Å². The van der Waals surface area contributed by atoms with Crippen LogP contribution in [0, 0.1) is 0 Å². The molecule has 0 aliphatic carbocycles. The first-order valence-corrected chi connectivity index (χ1v) is 3.16. The fourth-order valence-corrected chi connectivity index (χ4v) is 0.749. The number of hydrogen-bond acceptors (Lipinski definition) is 1. The van der Waals surface area contributed by atoms with Gasteiger partial charge >= 0.3 is 0 Å². The molecule has 0 radical (unpaired) electrons. The van der Waals surface area contributed by atoms with Crippen LogP contribution in [-0.2, 0) is 0 Å². The van der Waals surface area contributed by atoms with Crippen LogP contribution < -0.4 is 4.74 Å². The van der Waals surface area contributed by atoms with Gasteiger partial charge in [-0.3, -0.25) is 0 Å². The predicted octanol–water partition coefficient (Wildman–Crippen LogP) is 2.63. The molecule has 0 atom stereocenters. The van der Waals surface area contributed by atoms with Gasteiger partial charge < -0.3 is 4.74 Å². The van der Waals surface area contributed by atoms with E-state index in [1.165, 1.54) is 31.4 Å². The Kier molecular flexibility index (Phi) is 2.41. The lowest BCUT2D eigenvalue weighted by atomic mass is 10.2. The largest absolute Gasteiger partial charge is 0.497 e. The van der Waals surface area contributed by atoms with Crippen LogP contribution in [0.4, 0.5) is 8.78 Å². The lowest BCUT2D eigenvalue weighted by Crippen LogP contribution is -1.85. The molecule has 1 nitrogen and oxygen atoms in total. The van der Waals surface area contributed by atoms with Gasteiger partial charge in [0.1, 0.15) is 5.75 Å². The fourth-order valence-electron chi connectivity index (χ4n) is 0.749. The summed E-state index contributed by atoms with van der Waals surface area (Å²) in [5, 5.41) is 0. The van der Waals surface area contributed by atoms with E-state index in [2.05, 4.69) is 0 Å². The minimum Gasteiger partial charge on any atom is -0.497 e. The van der Waals surface area contributed by atoms with Crippen LogP contribution in [0.15, 0.2) is 24.3 Å². The van der Waals surface area contributed by atoms with Crippen LogP contribution >= 0.6 is 0 Å². The van der Waals surface area contributed by atoms with Gasteiger partial charge in [0.15, 0.2) is 0 Å². The third-order valence-electron chi connectivity index (χ3n) is 1.37. The summed E-state index contributed by atoms with van der Waals surface area (Å²) in [5.74, 6) is 0.592. The van der Waals surface area contributed by atoms with Crippen molar-refractivity contribution in [3.63, 3.8) is 0 Å². The van der Waals surface area contributed by atoms with Crippen LogP contribution in [0.2, 0.25) is 0 Å². The van der Waals surface area contributed by atoms with Gasteiger partial charge in [-0.2, -0.15) is 0 Å². The van der Waals surface area contributed by atoms with E-state index in [0.717, 1.165) is 0 Å². The molecule has 0 aromatic heterocycles. The SMILES string of the molecule is COc1ccc(C(F)F)cc1. The number of benzene rings is 1. The predicted molar refractivity (Wildman–Crippen MR) is 38.0 cm³/mol. The summed E-state index contributed by atoms with van der Waals surface area (Å²) in [4.78, 5) is 0. The highest BCUT2D eigenvalue weighted by atomic mass is 19.3. The summed E-state index contributed by atoms with van der Waals surface area (Å²) >= 11 is 0. The zero-order valence-corrected chi connectivity index (χ0v) is 6.05. The number of ether oxygens (including phenoxy) is 1. The van der Waals surface area contributed by atoms with E-state index in [-0.39, 0.29) is 5.56 Å². The van der Waals surface area contributed by atoms with Crippen LogP contribution in [-0.4, -0.2) is 7.11 Å². The first-order chi connectivity index (χ1) is 5.24. The Labute approximate surface area is 63.6 Å². The number of hydrogen-bond donors (Lipinski definition) is 0. The molecule has 1 aromatic carbocycles. The van der Waals surface area contributed by atoms with Gasteiger partial charge in [-0.1, -0.05) is 0 Å². The maximum Gasteiger partial charge on any atom is 0.263 e. The van der Waals surface area contributed by atoms with E-state index >= 15 is 0 Å². The second-order valence-corrected chi connectivity index (χ2v) is 2.07. The van der Waals surface area contributed by atoms with Crippen molar-refractivity contribution in [2.45, 2.75) is 6.43 Å². The van der Waals surface area contributed by atoms with Crippen LogP contribution in [0.25, 0.3) is 0 Å². The van der Waals surface area contributed by atoms with E-state index in [4.69, 9.17) is 4.74 Å². The van der Waals surface area contributed by atoms with Crippen molar-refractivity contribution in [2.75, 3.05) is 7.11 Å². The maximum absolute atomic E-state index is 12.0. The molecule has 0 N–H and O–H groups in total. The normalized spacial score (nSPS) is 10.2. The molecule has 1 aromatic rings. The van der Waals surface area contributed by atoms with Gasteiger partial charge in [-0.25, -0.2) is 8.78 Å². The summed E-state index contributed by atoms with van der Waals surface area (Å²) < 4.78 is 28.7. The van der Waals surface area contributed by atoms with Gasteiger partial charge in [0.2, 0.25) is 0 Å². The van der Waals surface area contributed by atoms with E-state index in [1.54, 1.807) is 0 Å². The van der Waals surface area contributed by atoms with Gasteiger partial charge in [0.25, 0.3) is 6.43 Å². The van der Waals surface area contributed by atoms with Crippen molar-refractivity contribution in [3.8, 4) is 5.75 Å². The molecule has 0 spiro atoms. The molecule has 3 heteroatoms. The van der Waals surface area contributed by atoms with E-state index in [1.807, 2.05) is 0 Å². The molecular formula is C8H8F2O. The number of halogens is 2. The summed E-state index contributed by atoms with van der Waals surface area (Å²) in [5.41, 5.74) is 0.0193. The second kappa shape index (κ2) is 3.32. The molecule has 0 fully saturated rings. The second-order valence-electron chi connectivity index (χ2n) is 2.07. The number of methoxy groups -OCH3 is 1. The minimum absolute atomic E-state index is 0.0193. The lowest BCUT2D eigenvalue weighted by molar-refractivity contribution is 0.151. The van der Waals surface area contributed by atoms with Gasteiger partial charge in [0.05, 0.1) is 7.11 Å². The smallest absolute Gasteiger partial charge is 0.263 e. The molecule has 0 saturated carbocycles. The zero-order valence-electron chi connectivity index (χ0n) is 6.05. The monoisotopic (exact) mass is 158 g/mol. The standard InChI is InChI=1S/C8H8F2O/c1-11-7-4-2-6(3-5-7)8(9)10/h2-5,8H,1H3. The Morgan fingerprint density at radius 3 is 2.09 bits per heavy atom. The van der Waals surface area contributed by atoms with Gasteiger partial charge in [0, 0.05) is 5.56 Å². The molecule has 0 aliphatic heterocycles. The average molecular weight is 158 g/mol. The molecule has 0 bridgehead atoms. The Balaban J connectivity index is 2.83. The molecule has 0 amide bonds. The van der Waals surface area contributed by atoms with Crippen LogP contribution in [0.5, 0.6) is 5.75 Å². The van der Waals surface area contributed by atoms with E-state index in [0.29, 0.717) is 5.75 Å². The Morgan fingerprint density at radius 2 is 1.73 bits per heavy atom. The molecular weight excluding hydrogens is 150 g/mol. The van der Waals surface area contributed by atoms with Crippen molar-refractivity contribution in [1.29, 1.82) is 0 Å². The first kappa shape index (κ1) is 7.98. The van der Waals surface area contributed by atoms with Crippen molar-refractivity contribution >= 4 is 0 Å². The summed E-state index contributed by atoms with van der Waals surface area (Å²) in [6.07, 6.45) is -2.40.